The van der Waals surface area contributed by atoms with E-state index in [1.165, 1.54) is 0 Å². The van der Waals surface area contributed by atoms with Crippen LogP contribution in [0.3, 0.4) is 0 Å². The molecule has 0 saturated carbocycles. The third-order valence-electron chi connectivity index (χ3n) is 2.46. The molecular weight excluding hydrogens is 280 g/mol. The second-order valence-corrected chi connectivity index (χ2v) is 5.17. The molecule has 2 heterocycles. The standard InChI is InChI=1S/C14H9ClN2OS/c15-12(9-11-7-4-8-19-11)14-17-16-13(18-14)10-5-2-1-3-6-10/h1-9H/b12-9-. The van der Waals surface area contributed by atoms with Gasteiger partial charge in [-0.05, 0) is 29.7 Å². The molecule has 0 bridgehead atoms. The van der Waals surface area contributed by atoms with Crippen LogP contribution in [0.5, 0.6) is 0 Å². The Morgan fingerprint density at radius 3 is 2.68 bits per heavy atom. The maximum atomic E-state index is 6.17. The number of rotatable bonds is 3. The van der Waals surface area contributed by atoms with Crippen molar-refractivity contribution < 1.29 is 4.42 Å². The normalized spacial score (nSPS) is 11.7. The Labute approximate surface area is 119 Å². The lowest BCUT2D eigenvalue weighted by atomic mass is 10.2. The van der Waals surface area contributed by atoms with E-state index in [0.717, 1.165) is 10.4 Å². The highest BCUT2D eigenvalue weighted by atomic mass is 35.5. The predicted octanol–water partition coefficient (Wildman–Crippen LogP) is 4.54. The van der Waals surface area contributed by atoms with Crippen LogP contribution in [0.2, 0.25) is 0 Å². The van der Waals surface area contributed by atoms with Crippen molar-refractivity contribution >= 4 is 34.0 Å². The fraction of sp³-hybridized carbons (Fsp3) is 0. The molecule has 0 aliphatic rings. The lowest BCUT2D eigenvalue weighted by Gasteiger charge is -1.92. The van der Waals surface area contributed by atoms with Gasteiger partial charge in [-0.1, -0.05) is 35.9 Å². The molecule has 5 heteroatoms. The topological polar surface area (TPSA) is 38.9 Å². The molecule has 0 N–H and O–H groups in total. The molecule has 3 rings (SSSR count). The first-order valence-electron chi connectivity index (χ1n) is 5.63. The van der Waals surface area contributed by atoms with Gasteiger partial charge in [0, 0.05) is 10.4 Å². The highest BCUT2D eigenvalue weighted by molar-refractivity contribution is 7.11. The molecule has 0 radical (unpaired) electrons. The average Bonchev–Trinajstić information content (AvgIpc) is 3.10. The molecule has 0 fully saturated rings. The summed E-state index contributed by atoms with van der Waals surface area (Å²) in [6.07, 6.45) is 1.81. The zero-order valence-corrected chi connectivity index (χ0v) is 11.4. The van der Waals surface area contributed by atoms with E-state index in [2.05, 4.69) is 10.2 Å². The third kappa shape index (κ3) is 2.75. The first-order valence-corrected chi connectivity index (χ1v) is 6.89. The summed E-state index contributed by atoms with van der Waals surface area (Å²) in [4.78, 5) is 1.05. The largest absolute Gasteiger partial charge is 0.415 e. The van der Waals surface area contributed by atoms with E-state index in [9.17, 15) is 0 Å². The van der Waals surface area contributed by atoms with E-state index < -0.39 is 0 Å². The van der Waals surface area contributed by atoms with Crippen molar-refractivity contribution in [2.45, 2.75) is 0 Å². The van der Waals surface area contributed by atoms with Crippen molar-refractivity contribution in [1.29, 1.82) is 0 Å². The zero-order chi connectivity index (χ0) is 13.1. The number of thiophene rings is 1. The van der Waals surface area contributed by atoms with Crippen molar-refractivity contribution in [1.82, 2.24) is 10.2 Å². The first-order chi connectivity index (χ1) is 9.33. The molecular formula is C14H9ClN2OS. The Morgan fingerprint density at radius 2 is 1.95 bits per heavy atom. The fourth-order valence-electron chi connectivity index (χ4n) is 1.58. The quantitative estimate of drug-likeness (QED) is 0.710. The van der Waals surface area contributed by atoms with Crippen molar-refractivity contribution in [3.63, 3.8) is 0 Å². The monoisotopic (exact) mass is 288 g/mol. The van der Waals surface area contributed by atoms with Gasteiger partial charge in [-0.3, -0.25) is 0 Å². The number of hydrogen-bond donors (Lipinski definition) is 0. The summed E-state index contributed by atoms with van der Waals surface area (Å²) in [5, 5.41) is 10.4. The molecule has 94 valence electrons. The summed E-state index contributed by atoms with van der Waals surface area (Å²) in [7, 11) is 0. The van der Waals surface area contributed by atoms with Gasteiger partial charge in [-0.25, -0.2) is 0 Å². The Hall–Kier alpha value is -1.91. The molecule has 1 aromatic carbocycles. The molecule has 0 unspecified atom stereocenters. The lowest BCUT2D eigenvalue weighted by molar-refractivity contribution is 0.556. The highest BCUT2D eigenvalue weighted by Gasteiger charge is 2.10. The van der Waals surface area contributed by atoms with Gasteiger partial charge in [0.2, 0.25) is 5.89 Å². The van der Waals surface area contributed by atoms with Gasteiger partial charge in [0.15, 0.2) is 0 Å². The number of nitrogens with zero attached hydrogens (tertiary/aromatic N) is 2. The van der Waals surface area contributed by atoms with E-state index in [1.807, 2.05) is 53.9 Å². The van der Waals surface area contributed by atoms with E-state index in [1.54, 1.807) is 11.3 Å². The second-order valence-electron chi connectivity index (χ2n) is 3.79. The van der Waals surface area contributed by atoms with Gasteiger partial charge in [-0.2, -0.15) is 0 Å². The first kappa shape index (κ1) is 12.1. The van der Waals surface area contributed by atoms with Gasteiger partial charge in [0.25, 0.3) is 5.89 Å². The number of halogens is 1. The molecule has 3 nitrogen and oxygen atoms in total. The van der Waals surface area contributed by atoms with Crippen LogP contribution in [0.4, 0.5) is 0 Å². The van der Waals surface area contributed by atoms with E-state index in [4.69, 9.17) is 16.0 Å². The van der Waals surface area contributed by atoms with Crippen molar-refractivity contribution in [2.75, 3.05) is 0 Å². The van der Waals surface area contributed by atoms with E-state index in [-0.39, 0.29) is 0 Å². The van der Waals surface area contributed by atoms with Crippen LogP contribution in [-0.4, -0.2) is 10.2 Å². The Balaban J connectivity index is 1.90. The van der Waals surface area contributed by atoms with Crippen LogP contribution in [-0.2, 0) is 0 Å². The van der Waals surface area contributed by atoms with Crippen LogP contribution >= 0.6 is 22.9 Å². The molecule has 0 amide bonds. The van der Waals surface area contributed by atoms with Gasteiger partial charge >= 0.3 is 0 Å². The van der Waals surface area contributed by atoms with E-state index >= 15 is 0 Å². The van der Waals surface area contributed by atoms with E-state index in [0.29, 0.717) is 16.8 Å². The fourth-order valence-corrected chi connectivity index (χ4v) is 2.49. The Kier molecular flexibility index (Phi) is 3.44. The Morgan fingerprint density at radius 1 is 1.11 bits per heavy atom. The Bertz CT molecular complexity index is 689. The van der Waals surface area contributed by atoms with Crippen molar-refractivity contribution in [3.8, 4) is 11.5 Å². The van der Waals surface area contributed by atoms with Crippen molar-refractivity contribution in [2.24, 2.45) is 0 Å². The number of hydrogen-bond acceptors (Lipinski definition) is 4. The molecule has 0 saturated heterocycles. The molecule has 3 aromatic rings. The van der Waals surface area contributed by atoms with Crippen LogP contribution in [0, 0.1) is 0 Å². The minimum atomic E-state index is 0.328. The van der Waals surface area contributed by atoms with Gasteiger partial charge in [0.05, 0.1) is 0 Å². The number of aromatic nitrogens is 2. The summed E-state index contributed by atoms with van der Waals surface area (Å²) in [5.41, 5.74) is 0.877. The van der Waals surface area contributed by atoms with Crippen LogP contribution in [0.25, 0.3) is 22.6 Å². The van der Waals surface area contributed by atoms with Gasteiger partial charge in [0.1, 0.15) is 5.03 Å². The smallest absolute Gasteiger partial charge is 0.259 e. The predicted molar refractivity (Wildman–Crippen MR) is 77.8 cm³/mol. The third-order valence-corrected chi connectivity index (χ3v) is 3.55. The van der Waals surface area contributed by atoms with Crippen LogP contribution in [0.15, 0.2) is 52.3 Å². The molecule has 0 aliphatic carbocycles. The molecule has 2 aromatic heterocycles. The maximum Gasteiger partial charge on any atom is 0.259 e. The SMILES string of the molecule is Cl/C(=C\c1cccs1)c1nnc(-c2ccccc2)o1. The lowest BCUT2D eigenvalue weighted by Crippen LogP contribution is -1.76. The van der Waals surface area contributed by atoms with Crippen molar-refractivity contribution in [3.05, 3.63) is 58.6 Å². The minimum Gasteiger partial charge on any atom is -0.415 e. The van der Waals surface area contributed by atoms with Crippen LogP contribution < -0.4 is 0 Å². The summed E-state index contributed by atoms with van der Waals surface area (Å²) in [6.45, 7) is 0. The average molecular weight is 289 g/mol. The minimum absolute atomic E-state index is 0.328. The van der Waals surface area contributed by atoms with Crippen LogP contribution in [0.1, 0.15) is 10.8 Å². The maximum absolute atomic E-state index is 6.17. The summed E-state index contributed by atoms with van der Waals surface area (Å²) in [5.74, 6) is 0.794. The molecule has 0 atom stereocenters. The molecule has 0 spiro atoms. The second kappa shape index (κ2) is 5.38. The summed E-state index contributed by atoms with van der Waals surface area (Å²) < 4.78 is 5.56. The van der Waals surface area contributed by atoms with Gasteiger partial charge < -0.3 is 4.42 Å². The zero-order valence-electron chi connectivity index (χ0n) is 9.79. The molecule has 0 aliphatic heterocycles. The van der Waals surface area contributed by atoms with Gasteiger partial charge in [-0.15, -0.1) is 21.5 Å². The summed E-state index contributed by atoms with van der Waals surface area (Å²) in [6, 6.07) is 13.5. The summed E-state index contributed by atoms with van der Waals surface area (Å²) >= 11 is 7.77. The number of benzene rings is 1. The highest BCUT2D eigenvalue weighted by Crippen LogP contribution is 2.26. The molecule has 19 heavy (non-hydrogen) atoms.